The molecule has 1 aromatic heterocycles. The van der Waals surface area contributed by atoms with Gasteiger partial charge >= 0.3 is 12.1 Å². The Hall–Kier alpha value is -1.80. The van der Waals surface area contributed by atoms with Crippen LogP contribution in [0.25, 0.3) is 0 Å². The number of esters is 1. The average molecular weight is 356 g/mol. The summed E-state index contributed by atoms with van der Waals surface area (Å²) < 4.78 is 15.6. The fourth-order valence-corrected chi connectivity index (χ4v) is 2.90. The first-order valence-electron chi connectivity index (χ1n) is 7.95. The lowest BCUT2D eigenvalue weighted by molar-refractivity contribution is -0.0410. The molecule has 2 heterocycles. The number of thiophene rings is 1. The molecule has 1 unspecified atom stereocenters. The van der Waals surface area contributed by atoms with Gasteiger partial charge in [0.15, 0.2) is 0 Å². The van der Waals surface area contributed by atoms with Gasteiger partial charge in [-0.3, -0.25) is 5.32 Å². The van der Waals surface area contributed by atoms with Crippen LogP contribution in [0.3, 0.4) is 0 Å². The van der Waals surface area contributed by atoms with Gasteiger partial charge in [0.25, 0.3) is 0 Å². The minimum absolute atomic E-state index is 0.158. The molecule has 1 aliphatic rings. The number of rotatable bonds is 6. The second-order valence-corrected chi connectivity index (χ2v) is 7.42. The van der Waals surface area contributed by atoms with Crippen LogP contribution in [-0.4, -0.2) is 43.5 Å². The van der Waals surface area contributed by atoms with Gasteiger partial charge < -0.3 is 19.5 Å². The number of amides is 1. The molecule has 1 fully saturated rings. The van der Waals surface area contributed by atoms with Crippen LogP contribution in [0.1, 0.15) is 43.8 Å². The van der Waals surface area contributed by atoms with Gasteiger partial charge in [-0.15, -0.1) is 11.3 Å². The zero-order valence-corrected chi connectivity index (χ0v) is 15.2. The molecule has 1 atom stereocenters. The van der Waals surface area contributed by atoms with Crippen molar-refractivity contribution in [3.63, 3.8) is 0 Å². The maximum Gasteiger partial charge on any atom is 0.412 e. The first kappa shape index (κ1) is 18.5. The highest BCUT2D eigenvalue weighted by atomic mass is 32.1. The van der Waals surface area contributed by atoms with Crippen molar-refractivity contribution < 1.29 is 23.8 Å². The molecule has 0 bridgehead atoms. The van der Waals surface area contributed by atoms with E-state index in [0.29, 0.717) is 28.7 Å². The van der Waals surface area contributed by atoms with E-state index in [-0.39, 0.29) is 6.10 Å². The maximum absolute atomic E-state index is 12.0. The molecule has 24 heavy (non-hydrogen) atoms. The van der Waals surface area contributed by atoms with E-state index in [1.54, 1.807) is 33.8 Å². The smallest absolute Gasteiger partial charge is 0.412 e. The van der Waals surface area contributed by atoms with Gasteiger partial charge in [0, 0.05) is 13.2 Å². The Morgan fingerprint density at radius 2 is 2.12 bits per heavy atom. The summed E-state index contributed by atoms with van der Waals surface area (Å²) in [4.78, 5) is 24.3. The molecule has 0 saturated carbocycles. The summed E-state index contributed by atoms with van der Waals surface area (Å²) >= 11 is 1.15. The lowest BCUT2D eigenvalue weighted by Crippen LogP contribution is -2.33. The first-order valence-corrected chi connectivity index (χ1v) is 8.76. The topological polar surface area (TPSA) is 85.9 Å². The van der Waals surface area contributed by atoms with Gasteiger partial charge in [-0.1, -0.05) is 0 Å². The monoisotopic (exact) mass is 356 g/mol. The lowest BCUT2D eigenvalue weighted by Gasteiger charge is -2.27. The van der Waals surface area contributed by atoms with Crippen LogP contribution in [0, 0.1) is 0 Å². The van der Waals surface area contributed by atoms with Crippen molar-refractivity contribution in [3.8, 4) is 0 Å². The van der Waals surface area contributed by atoms with Gasteiger partial charge in [0.2, 0.25) is 0 Å². The minimum atomic E-state index is -0.599. The number of carbonyl (C=O) groups is 2. The maximum atomic E-state index is 12.0. The van der Waals surface area contributed by atoms with Crippen molar-refractivity contribution in [2.45, 2.75) is 45.8 Å². The number of nitrogens with one attached hydrogen (secondary N) is 2. The quantitative estimate of drug-likeness (QED) is 0.759. The highest BCUT2D eigenvalue weighted by Crippen LogP contribution is 2.34. The first-order chi connectivity index (χ1) is 11.3. The molecule has 0 aliphatic carbocycles. The lowest BCUT2D eigenvalue weighted by atomic mass is 10.2. The van der Waals surface area contributed by atoms with E-state index in [2.05, 4.69) is 10.6 Å². The highest BCUT2D eigenvalue weighted by Gasteiger charge is 2.23. The molecular formula is C16H24N2O5S. The molecule has 1 saturated heterocycles. The normalized spacial score (nSPS) is 16.9. The number of anilines is 2. The Kier molecular flexibility index (Phi) is 6.06. The molecule has 2 N–H and O–H groups in total. The summed E-state index contributed by atoms with van der Waals surface area (Å²) in [7, 11) is 0. The van der Waals surface area contributed by atoms with Gasteiger partial charge in [-0.25, -0.2) is 9.59 Å². The highest BCUT2D eigenvalue weighted by molar-refractivity contribution is 7.18. The summed E-state index contributed by atoms with van der Waals surface area (Å²) in [6.45, 7) is 8.80. The average Bonchev–Trinajstić information content (AvgIpc) is 2.78. The number of ether oxygens (including phenoxy) is 3. The Morgan fingerprint density at radius 3 is 2.67 bits per heavy atom. The van der Waals surface area contributed by atoms with Crippen LogP contribution in [-0.2, 0) is 14.2 Å². The fraction of sp³-hybridized carbons (Fsp3) is 0.625. The van der Waals surface area contributed by atoms with E-state index in [1.807, 2.05) is 0 Å². The van der Waals surface area contributed by atoms with E-state index in [4.69, 9.17) is 14.2 Å². The minimum Gasteiger partial charge on any atom is -0.462 e. The predicted octanol–water partition coefficient (Wildman–Crippen LogP) is 3.47. The van der Waals surface area contributed by atoms with Gasteiger partial charge in [-0.2, -0.15) is 0 Å². The Balaban J connectivity index is 2.09. The van der Waals surface area contributed by atoms with Crippen molar-refractivity contribution in [1.82, 2.24) is 0 Å². The largest absolute Gasteiger partial charge is 0.462 e. The summed E-state index contributed by atoms with van der Waals surface area (Å²) in [5.74, 6) is -0.414. The third-order valence-electron chi connectivity index (χ3n) is 3.14. The van der Waals surface area contributed by atoms with Crippen molar-refractivity contribution in [2.75, 3.05) is 30.4 Å². The van der Waals surface area contributed by atoms with Crippen molar-refractivity contribution in [3.05, 3.63) is 10.9 Å². The van der Waals surface area contributed by atoms with E-state index in [9.17, 15) is 9.59 Å². The van der Waals surface area contributed by atoms with Crippen molar-refractivity contribution >= 4 is 34.1 Å². The molecule has 8 heteroatoms. The SMILES string of the molecule is CCOC(=O)c1cc(NCC2CCO2)c(NC(=O)OC(C)(C)C)s1. The van der Waals surface area contributed by atoms with Crippen molar-refractivity contribution in [2.24, 2.45) is 0 Å². The van der Waals surface area contributed by atoms with Gasteiger partial charge in [0.1, 0.15) is 15.5 Å². The molecule has 1 aliphatic heterocycles. The van der Waals surface area contributed by atoms with Gasteiger partial charge in [0.05, 0.1) is 18.4 Å². The van der Waals surface area contributed by atoms with Crippen molar-refractivity contribution in [1.29, 1.82) is 0 Å². The molecule has 2 rings (SSSR count). The van der Waals surface area contributed by atoms with Crippen LogP contribution in [0.4, 0.5) is 15.5 Å². The summed E-state index contributed by atoms with van der Waals surface area (Å²) in [6, 6.07) is 1.67. The molecular weight excluding hydrogens is 332 g/mol. The third kappa shape index (κ3) is 5.38. The Labute approximate surface area is 145 Å². The molecule has 0 aromatic carbocycles. The number of hydrogen-bond acceptors (Lipinski definition) is 7. The van der Waals surface area contributed by atoms with Crippen LogP contribution < -0.4 is 10.6 Å². The van der Waals surface area contributed by atoms with E-state index >= 15 is 0 Å². The summed E-state index contributed by atoms with van der Waals surface area (Å²) in [5, 5.41) is 6.42. The van der Waals surface area contributed by atoms with Crippen LogP contribution >= 0.6 is 11.3 Å². The molecule has 7 nitrogen and oxygen atoms in total. The van der Waals surface area contributed by atoms with Crippen LogP contribution in [0.2, 0.25) is 0 Å². The van der Waals surface area contributed by atoms with Crippen LogP contribution in [0.5, 0.6) is 0 Å². The second kappa shape index (κ2) is 7.85. The number of hydrogen-bond donors (Lipinski definition) is 2. The van der Waals surface area contributed by atoms with E-state index in [0.717, 1.165) is 24.4 Å². The molecule has 134 valence electrons. The Morgan fingerprint density at radius 1 is 1.42 bits per heavy atom. The summed E-state index contributed by atoms with van der Waals surface area (Å²) in [5.41, 5.74) is 0.0583. The summed E-state index contributed by atoms with van der Waals surface area (Å²) in [6.07, 6.45) is 0.587. The molecule has 1 aromatic rings. The zero-order valence-electron chi connectivity index (χ0n) is 14.4. The zero-order chi connectivity index (χ0) is 17.7. The predicted molar refractivity (Wildman–Crippen MR) is 93.0 cm³/mol. The van der Waals surface area contributed by atoms with E-state index < -0.39 is 17.7 Å². The van der Waals surface area contributed by atoms with Gasteiger partial charge in [-0.05, 0) is 40.2 Å². The molecule has 0 spiro atoms. The fourth-order valence-electron chi connectivity index (χ4n) is 1.98. The Bertz CT molecular complexity index is 590. The van der Waals surface area contributed by atoms with E-state index in [1.165, 1.54) is 0 Å². The third-order valence-corrected chi connectivity index (χ3v) is 4.17. The molecule has 1 amide bonds. The van der Waals surface area contributed by atoms with Crippen LogP contribution in [0.15, 0.2) is 6.07 Å². The number of carbonyl (C=O) groups excluding carboxylic acids is 2. The second-order valence-electron chi connectivity index (χ2n) is 6.36. The molecule has 0 radical (unpaired) electrons. The standard InChI is InChI=1S/C16H24N2O5S/c1-5-21-14(19)12-8-11(17-9-10-6-7-22-10)13(24-12)18-15(20)23-16(2,3)4/h8,10,17H,5-7,9H2,1-4H3,(H,18,20).